The Morgan fingerprint density at radius 2 is 1.94 bits per heavy atom. The van der Waals surface area contributed by atoms with Crippen LogP contribution in [-0.4, -0.2) is 50.2 Å². The molecule has 0 amide bonds. The fourth-order valence-corrected chi connectivity index (χ4v) is 1.37. The maximum Gasteiger partial charge on any atom is 0.340 e. The van der Waals surface area contributed by atoms with Crippen LogP contribution >= 0.6 is 0 Å². The maximum atomic E-state index is 11.7. The molecule has 1 aliphatic heterocycles. The van der Waals surface area contributed by atoms with E-state index in [-0.39, 0.29) is 0 Å². The maximum absolute atomic E-state index is 11.7. The van der Waals surface area contributed by atoms with Gasteiger partial charge in [-0.1, -0.05) is 0 Å². The first-order chi connectivity index (χ1) is 8.22. The topological polar surface area (TPSA) is 69.5 Å². The van der Waals surface area contributed by atoms with Gasteiger partial charge in [-0.15, -0.1) is 0 Å². The number of ether oxygens (including phenoxy) is 3. The summed E-state index contributed by atoms with van der Waals surface area (Å²) < 4.78 is 15.4. The molecule has 0 saturated heterocycles. The van der Waals surface area contributed by atoms with Crippen LogP contribution in [-0.2, 0) is 19.0 Å². The van der Waals surface area contributed by atoms with Crippen molar-refractivity contribution < 1.29 is 19.0 Å². The quantitative estimate of drug-likeness (QED) is 0.684. The smallest absolute Gasteiger partial charge is 0.340 e. The number of carbonyl (C=O) groups excluding carboxylic acids is 1. The second-order valence-electron chi connectivity index (χ2n) is 3.20. The van der Waals surface area contributed by atoms with Crippen molar-refractivity contribution in [2.45, 2.75) is 26.8 Å². The molecule has 1 atom stereocenters. The lowest BCUT2D eigenvalue weighted by atomic mass is 10.2. The van der Waals surface area contributed by atoms with E-state index in [0.29, 0.717) is 38.2 Å². The number of esters is 1. The van der Waals surface area contributed by atoms with E-state index in [1.165, 1.54) is 0 Å². The summed E-state index contributed by atoms with van der Waals surface area (Å²) >= 11 is 0. The summed E-state index contributed by atoms with van der Waals surface area (Å²) in [6, 6.07) is -0.829. The van der Waals surface area contributed by atoms with Crippen LogP contribution in [0.25, 0.3) is 0 Å². The summed E-state index contributed by atoms with van der Waals surface area (Å²) in [4.78, 5) is 20.0. The van der Waals surface area contributed by atoms with E-state index in [0.717, 1.165) is 0 Å². The van der Waals surface area contributed by atoms with Crippen LogP contribution in [0.4, 0.5) is 0 Å². The van der Waals surface area contributed by atoms with Crippen molar-refractivity contribution >= 4 is 17.8 Å². The average Bonchev–Trinajstić information content (AvgIpc) is 2.32. The number of nitrogens with zero attached hydrogens (tertiary/aromatic N) is 2. The van der Waals surface area contributed by atoms with E-state index in [9.17, 15) is 4.79 Å². The molecule has 1 heterocycles. The van der Waals surface area contributed by atoms with Gasteiger partial charge < -0.3 is 14.2 Å². The first-order valence-corrected chi connectivity index (χ1v) is 5.76. The highest BCUT2D eigenvalue weighted by Gasteiger charge is 2.30. The van der Waals surface area contributed by atoms with Gasteiger partial charge in [0.05, 0.1) is 19.8 Å². The van der Waals surface area contributed by atoms with E-state index in [4.69, 9.17) is 14.2 Å². The van der Waals surface area contributed by atoms with E-state index < -0.39 is 12.0 Å². The van der Waals surface area contributed by atoms with Gasteiger partial charge in [0.1, 0.15) is 6.54 Å². The number of hydrogen-bond donors (Lipinski definition) is 0. The zero-order chi connectivity index (χ0) is 12.7. The highest BCUT2D eigenvalue weighted by molar-refractivity contribution is 6.06. The molecule has 0 aromatic rings. The van der Waals surface area contributed by atoms with Crippen molar-refractivity contribution in [2.24, 2.45) is 9.98 Å². The minimum absolute atomic E-state index is 0.300. The van der Waals surface area contributed by atoms with Crippen LogP contribution in [0.1, 0.15) is 20.8 Å². The molecule has 6 heteroatoms. The first kappa shape index (κ1) is 13.5. The standard InChI is InChI=1S/C11H18N2O4/c1-4-15-8-7-12-10(16-5-2)9(13-8)11(14)17-6-3/h9H,4-7H2,1-3H3. The molecular formula is C11H18N2O4. The van der Waals surface area contributed by atoms with Crippen molar-refractivity contribution in [1.29, 1.82) is 0 Å². The average molecular weight is 242 g/mol. The molecule has 0 radical (unpaired) electrons. The lowest BCUT2D eigenvalue weighted by Crippen LogP contribution is -2.37. The largest absolute Gasteiger partial charge is 0.480 e. The molecule has 0 saturated carbocycles. The fraction of sp³-hybridized carbons (Fsp3) is 0.727. The van der Waals surface area contributed by atoms with Crippen molar-refractivity contribution in [3.8, 4) is 0 Å². The third-order valence-electron chi connectivity index (χ3n) is 1.99. The minimum atomic E-state index is -0.829. The molecule has 96 valence electrons. The Hall–Kier alpha value is -1.59. The molecule has 0 aromatic heterocycles. The predicted octanol–water partition coefficient (Wildman–Crippen LogP) is 0.802. The van der Waals surface area contributed by atoms with Crippen molar-refractivity contribution in [3.63, 3.8) is 0 Å². The summed E-state index contributed by atoms with van der Waals surface area (Å²) in [6.07, 6.45) is 0. The van der Waals surface area contributed by atoms with Crippen LogP contribution in [0.5, 0.6) is 0 Å². The van der Waals surface area contributed by atoms with E-state index in [1.54, 1.807) is 6.92 Å². The minimum Gasteiger partial charge on any atom is -0.480 e. The zero-order valence-corrected chi connectivity index (χ0v) is 10.4. The van der Waals surface area contributed by atoms with Gasteiger partial charge in [0, 0.05) is 0 Å². The van der Waals surface area contributed by atoms with Crippen molar-refractivity contribution in [2.75, 3.05) is 26.4 Å². The Kier molecular flexibility index (Phi) is 5.45. The summed E-state index contributed by atoms with van der Waals surface area (Å²) in [5.41, 5.74) is 0. The van der Waals surface area contributed by atoms with E-state index >= 15 is 0 Å². The molecule has 0 aliphatic carbocycles. The lowest BCUT2D eigenvalue weighted by molar-refractivity contribution is -0.143. The fourth-order valence-electron chi connectivity index (χ4n) is 1.37. The highest BCUT2D eigenvalue weighted by atomic mass is 16.5. The third-order valence-corrected chi connectivity index (χ3v) is 1.99. The summed E-state index contributed by atoms with van der Waals surface area (Å²) in [5.74, 6) is 0.278. The Morgan fingerprint density at radius 1 is 1.24 bits per heavy atom. The van der Waals surface area contributed by atoms with Crippen LogP contribution < -0.4 is 0 Å². The van der Waals surface area contributed by atoms with Gasteiger partial charge in [0.25, 0.3) is 0 Å². The highest BCUT2D eigenvalue weighted by Crippen LogP contribution is 2.08. The summed E-state index contributed by atoms with van der Waals surface area (Å²) in [7, 11) is 0. The summed E-state index contributed by atoms with van der Waals surface area (Å²) in [5, 5.41) is 0. The molecule has 0 aromatic carbocycles. The molecule has 0 fully saturated rings. The van der Waals surface area contributed by atoms with Gasteiger partial charge in [0.15, 0.2) is 0 Å². The molecule has 17 heavy (non-hydrogen) atoms. The second-order valence-corrected chi connectivity index (χ2v) is 3.20. The van der Waals surface area contributed by atoms with Crippen LogP contribution in [0.3, 0.4) is 0 Å². The number of rotatable bonds is 4. The molecule has 0 spiro atoms. The first-order valence-electron chi connectivity index (χ1n) is 5.76. The molecule has 1 aliphatic rings. The number of hydrogen-bond acceptors (Lipinski definition) is 6. The SMILES string of the molecule is CCOC(=O)C1N=C(OCC)CN=C1OCC. The van der Waals surface area contributed by atoms with Gasteiger partial charge in [-0.05, 0) is 20.8 Å². The zero-order valence-electron chi connectivity index (χ0n) is 10.4. The molecule has 1 unspecified atom stereocenters. The Morgan fingerprint density at radius 3 is 2.53 bits per heavy atom. The van der Waals surface area contributed by atoms with Gasteiger partial charge in [0.2, 0.25) is 17.8 Å². The van der Waals surface area contributed by atoms with Gasteiger partial charge in [-0.25, -0.2) is 14.8 Å². The van der Waals surface area contributed by atoms with Crippen LogP contribution in [0.15, 0.2) is 9.98 Å². The monoisotopic (exact) mass is 242 g/mol. The number of aliphatic imine (C=N–C) groups is 2. The molecular weight excluding hydrogens is 224 g/mol. The third kappa shape index (κ3) is 3.72. The van der Waals surface area contributed by atoms with Crippen molar-refractivity contribution in [3.05, 3.63) is 0 Å². The Bertz CT molecular complexity index is 325. The Labute approximate surface area is 101 Å². The van der Waals surface area contributed by atoms with Crippen molar-refractivity contribution in [1.82, 2.24) is 0 Å². The van der Waals surface area contributed by atoms with Gasteiger partial charge in [-0.2, -0.15) is 0 Å². The van der Waals surface area contributed by atoms with E-state index in [2.05, 4.69) is 9.98 Å². The Balaban J connectivity index is 2.78. The molecule has 1 rings (SSSR count). The predicted molar refractivity (Wildman–Crippen MR) is 63.4 cm³/mol. The lowest BCUT2D eigenvalue weighted by Gasteiger charge is -2.19. The molecule has 0 bridgehead atoms. The normalized spacial score (nSPS) is 19.1. The van der Waals surface area contributed by atoms with Gasteiger partial charge >= 0.3 is 5.97 Å². The molecule has 0 N–H and O–H groups in total. The van der Waals surface area contributed by atoms with Gasteiger partial charge in [-0.3, -0.25) is 0 Å². The number of carbonyl (C=O) groups is 1. The second kappa shape index (κ2) is 6.88. The summed E-state index contributed by atoms with van der Waals surface area (Å²) in [6.45, 7) is 6.96. The van der Waals surface area contributed by atoms with Crippen LogP contribution in [0.2, 0.25) is 0 Å². The molecule has 6 nitrogen and oxygen atoms in total. The van der Waals surface area contributed by atoms with E-state index in [1.807, 2.05) is 13.8 Å². The van der Waals surface area contributed by atoms with Crippen LogP contribution in [0, 0.1) is 0 Å².